The summed E-state index contributed by atoms with van der Waals surface area (Å²) in [4.78, 5) is 1.53. The topological polar surface area (TPSA) is 0 Å². The summed E-state index contributed by atoms with van der Waals surface area (Å²) in [5, 5.41) is 0.937. The highest BCUT2D eigenvalue weighted by Gasteiger charge is 2.25. The first-order chi connectivity index (χ1) is 8.83. The highest BCUT2D eigenvalue weighted by molar-refractivity contribution is 8.00. The van der Waals surface area contributed by atoms with Gasteiger partial charge in [0.15, 0.2) is 0 Å². The number of benzene rings is 1. The molecule has 98 valence electrons. The fraction of sp³-hybridized carbons (Fsp3) is 0.625. The Hall–Kier alpha value is -0.0800. The van der Waals surface area contributed by atoms with Crippen LogP contribution >= 0.6 is 23.5 Å². The summed E-state index contributed by atoms with van der Waals surface area (Å²) in [6, 6.07) is 8.99. The van der Waals surface area contributed by atoms with E-state index in [1.54, 1.807) is 5.56 Å². The Morgan fingerprint density at radius 1 is 1.28 bits per heavy atom. The number of hydrogen-bond acceptors (Lipinski definition) is 2. The quantitative estimate of drug-likeness (QED) is 0.746. The van der Waals surface area contributed by atoms with E-state index in [0.29, 0.717) is 0 Å². The van der Waals surface area contributed by atoms with Gasteiger partial charge in [-0.05, 0) is 30.4 Å². The number of fused-ring (bicyclic) bond motifs is 1. The van der Waals surface area contributed by atoms with E-state index in [1.807, 2.05) is 11.8 Å². The van der Waals surface area contributed by atoms with E-state index in [2.05, 4.69) is 43.0 Å². The Bertz CT molecular complexity index is 402. The van der Waals surface area contributed by atoms with Crippen LogP contribution in [0.15, 0.2) is 29.2 Å². The molecule has 3 unspecified atom stereocenters. The minimum absolute atomic E-state index is 0.799. The lowest BCUT2D eigenvalue weighted by molar-refractivity contribution is 0.394. The smallest absolute Gasteiger partial charge is 0.0108 e. The van der Waals surface area contributed by atoms with Crippen molar-refractivity contribution in [3.8, 4) is 0 Å². The molecule has 18 heavy (non-hydrogen) atoms. The Labute approximate surface area is 119 Å². The second-order valence-corrected chi connectivity index (χ2v) is 8.17. The summed E-state index contributed by atoms with van der Waals surface area (Å²) >= 11 is 4.30. The van der Waals surface area contributed by atoms with Gasteiger partial charge >= 0.3 is 0 Å². The van der Waals surface area contributed by atoms with E-state index in [4.69, 9.17) is 0 Å². The third-order valence-corrected chi connectivity index (χ3v) is 6.97. The molecule has 2 aliphatic rings. The zero-order chi connectivity index (χ0) is 12.4. The van der Waals surface area contributed by atoms with Crippen molar-refractivity contribution in [3.63, 3.8) is 0 Å². The van der Waals surface area contributed by atoms with Crippen LogP contribution in [0.1, 0.15) is 44.1 Å². The van der Waals surface area contributed by atoms with Crippen molar-refractivity contribution in [2.45, 2.75) is 48.7 Å². The molecule has 0 saturated heterocycles. The number of rotatable bonds is 3. The zero-order valence-corrected chi connectivity index (χ0v) is 12.7. The Morgan fingerprint density at radius 3 is 3.06 bits per heavy atom. The minimum Gasteiger partial charge on any atom is -0.158 e. The van der Waals surface area contributed by atoms with Crippen molar-refractivity contribution in [1.29, 1.82) is 0 Å². The average Bonchev–Trinajstić information content (AvgIpc) is 2.80. The Balaban J connectivity index is 1.55. The zero-order valence-electron chi connectivity index (χ0n) is 11.1. The van der Waals surface area contributed by atoms with Gasteiger partial charge in [0.1, 0.15) is 0 Å². The molecule has 1 aliphatic carbocycles. The molecule has 0 bridgehead atoms. The molecule has 1 fully saturated rings. The monoisotopic (exact) mass is 278 g/mol. The summed E-state index contributed by atoms with van der Waals surface area (Å²) in [6.45, 7) is 2.42. The van der Waals surface area contributed by atoms with E-state index in [-0.39, 0.29) is 0 Å². The normalized spacial score (nSPS) is 31.3. The third kappa shape index (κ3) is 2.91. The van der Waals surface area contributed by atoms with Crippen LogP contribution in [0.3, 0.4) is 0 Å². The van der Waals surface area contributed by atoms with Crippen LogP contribution in [0.5, 0.6) is 0 Å². The summed E-state index contributed by atoms with van der Waals surface area (Å²) in [7, 11) is 0. The molecule has 3 rings (SSSR count). The van der Waals surface area contributed by atoms with Crippen LogP contribution in [0, 0.1) is 5.92 Å². The molecule has 0 nitrogen and oxygen atoms in total. The van der Waals surface area contributed by atoms with Crippen molar-refractivity contribution < 1.29 is 0 Å². The summed E-state index contributed by atoms with van der Waals surface area (Å²) in [6.07, 6.45) is 5.82. The van der Waals surface area contributed by atoms with Gasteiger partial charge in [-0.3, -0.25) is 0 Å². The lowest BCUT2D eigenvalue weighted by Gasteiger charge is -2.27. The molecule has 0 amide bonds. The first-order valence-electron chi connectivity index (χ1n) is 7.16. The predicted molar refractivity (Wildman–Crippen MR) is 83.8 cm³/mol. The highest BCUT2D eigenvalue weighted by atomic mass is 32.2. The first-order valence-corrected chi connectivity index (χ1v) is 9.19. The predicted octanol–water partition coefficient (Wildman–Crippen LogP) is 5.19. The second-order valence-electron chi connectivity index (χ2n) is 5.77. The van der Waals surface area contributed by atoms with Crippen LogP contribution < -0.4 is 0 Å². The van der Waals surface area contributed by atoms with Gasteiger partial charge in [0.2, 0.25) is 0 Å². The summed E-state index contributed by atoms with van der Waals surface area (Å²) in [5.74, 6) is 4.39. The maximum atomic E-state index is 2.42. The van der Waals surface area contributed by atoms with Gasteiger partial charge in [-0.2, -0.15) is 11.8 Å². The molecular formula is C16H22S2. The third-order valence-electron chi connectivity index (χ3n) is 4.22. The molecule has 1 saturated carbocycles. The van der Waals surface area contributed by atoms with Gasteiger partial charge in [0, 0.05) is 27.6 Å². The molecule has 1 heterocycles. The van der Waals surface area contributed by atoms with Gasteiger partial charge in [-0.25, -0.2) is 0 Å². The van der Waals surface area contributed by atoms with Crippen LogP contribution in [0.25, 0.3) is 0 Å². The standard InChI is InChI=1S/C16H22S2/c1-12-5-4-6-14(9-12)17-10-13-11-18-16-8-3-2-7-15(13)16/h2-3,7-8,12-14H,4-6,9-11H2,1H3. The minimum atomic E-state index is 0.799. The summed E-state index contributed by atoms with van der Waals surface area (Å²) < 4.78 is 0. The molecule has 1 aromatic carbocycles. The van der Waals surface area contributed by atoms with Crippen LogP contribution in [0.4, 0.5) is 0 Å². The molecule has 1 aromatic rings. The molecule has 0 aromatic heterocycles. The summed E-state index contributed by atoms with van der Waals surface area (Å²) in [5.41, 5.74) is 1.61. The molecule has 0 spiro atoms. The SMILES string of the molecule is CC1CCCC(SCC2CSc3ccccc32)C1. The van der Waals surface area contributed by atoms with Crippen molar-refractivity contribution in [2.75, 3.05) is 11.5 Å². The van der Waals surface area contributed by atoms with Crippen molar-refractivity contribution in [2.24, 2.45) is 5.92 Å². The highest BCUT2D eigenvalue weighted by Crippen LogP contribution is 2.42. The van der Waals surface area contributed by atoms with E-state index < -0.39 is 0 Å². The molecule has 3 atom stereocenters. The maximum Gasteiger partial charge on any atom is 0.0108 e. The Morgan fingerprint density at radius 2 is 2.17 bits per heavy atom. The van der Waals surface area contributed by atoms with Crippen LogP contribution in [-0.2, 0) is 0 Å². The number of hydrogen-bond donors (Lipinski definition) is 0. The average molecular weight is 278 g/mol. The Kier molecular flexibility index (Phi) is 4.25. The van der Waals surface area contributed by atoms with E-state index in [9.17, 15) is 0 Å². The van der Waals surface area contributed by atoms with Gasteiger partial charge in [0.05, 0.1) is 0 Å². The van der Waals surface area contributed by atoms with Crippen molar-refractivity contribution in [1.82, 2.24) is 0 Å². The number of thioether (sulfide) groups is 2. The van der Waals surface area contributed by atoms with Gasteiger partial charge in [-0.15, -0.1) is 11.8 Å². The molecule has 0 N–H and O–H groups in total. The van der Waals surface area contributed by atoms with Gasteiger partial charge in [0.25, 0.3) is 0 Å². The van der Waals surface area contributed by atoms with Crippen LogP contribution in [-0.4, -0.2) is 16.8 Å². The van der Waals surface area contributed by atoms with E-state index in [0.717, 1.165) is 17.1 Å². The van der Waals surface area contributed by atoms with Crippen molar-refractivity contribution >= 4 is 23.5 Å². The second kappa shape index (κ2) is 5.92. The van der Waals surface area contributed by atoms with E-state index in [1.165, 1.54) is 42.1 Å². The molecule has 1 aliphatic heterocycles. The van der Waals surface area contributed by atoms with Crippen molar-refractivity contribution in [3.05, 3.63) is 29.8 Å². The lowest BCUT2D eigenvalue weighted by Crippen LogP contribution is -2.16. The van der Waals surface area contributed by atoms with Crippen LogP contribution in [0.2, 0.25) is 0 Å². The molecule has 0 radical (unpaired) electrons. The first kappa shape index (κ1) is 12.9. The molecular weight excluding hydrogens is 256 g/mol. The van der Waals surface area contributed by atoms with E-state index >= 15 is 0 Å². The fourth-order valence-electron chi connectivity index (χ4n) is 3.15. The largest absolute Gasteiger partial charge is 0.158 e. The molecule has 2 heteroatoms. The fourth-order valence-corrected chi connectivity index (χ4v) is 6.15. The maximum absolute atomic E-state index is 2.42. The lowest BCUT2D eigenvalue weighted by atomic mass is 9.91. The van der Waals surface area contributed by atoms with Gasteiger partial charge < -0.3 is 0 Å². The van der Waals surface area contributed by atoms with Gasteiger partial charge in [-0.1, -0.05) is 38.0 Å².